The highest BCUT2D eigenvalue weighted by Crippen LogP contribution is 2.20. The minimum atomic E-state index is -0.311. The van der Waals surface area contributed by atoms with Crippen molar-refractivity contribution in [3.63, 3.8) is 0 Å². The molecule has 1 unspecified atom stereocenters. The molecule has 0 amide bonds. The molecule has 0 aliphatic rings. The Hall–Kier alpha value is -1.09. The normalized spacial score (nSPS) is 12.9. The molecule has 0 spiro atoms. The number of halogens is 1. The van der Waals surface area contributed by atoms with Gasteiger partial charge in [-0.1, -0.05) is 13.0 Å². The average Bonchev–Trinajstić information content (AvgIpc) is 2.21. The smallest absolute Gasteiger partial charge is 0.165 e. The molecule has 0 aliphatic carbocycles. The Morgan fingerprint density at radius 2 is 2.06 bits per heavy atom. The number of nitrogens with two attached hydrogens (primary N) is 1. The summed E-state index contributed by atoms with van der Waals surface area (Å²) in [4.78, 5) is 0. The van der Waals surface area contributed by atoms with Crippen LogP contribution in [0.3, 0.4) is 0 Å². The molecule has 3 heteroatoms. The third-order valence-electron chi connectivity index (χ3n) is 2.38. The third kappa shape index (κ3) is 3.81. The molecule has 1 atom stereocenters. The fourth-order valence-corrected chi connectivity index (χ4v) is 1.47. The second kappa shape index (κ2) is 5.85. The largest absolute Gasteiger partial charge is 0.488 e. The number of hydrogen-bond acceptors (Lipinski definition) is 2. The van der Waals surface area contributed by atoms with Crippen LogP contribution < -0.4 is 10.5 Å². The van der Waals surface area contributed by atoms with Gasteiger partial charge in [-0.3, -0.25) is 0 Å². The third-order valence-corrected chi connectivity index (χ3v) is 2.38. The van der Waals surface area contributed by atoms with Crippen LogP contribution in [0.15, 0.2) is 18.2 Å². The molecular weight excluding hydrogens is 205 g/mol. The van der Waals surface area contributed by atoms with Crippen LogP contribution >= 0.6 is 0 Å². The lowest BCUT2D eigenvalue weighted by Gasteiger charge is -2.13. The Kier molecular flexibility index (Phi) is 4.74. The van der Waals surface area contributed by atoms with Gasteiger partial charge in [-0.05, 0) is 44.4 Å². The second-order valence-corrected chi connectivity index (χ2v) is 4.30. The maximum absolute atomic E-state index is 13.6. The van der Waals surface area contributed by atoms with Crippen molar-refractivity contribution in [3.05, 3.63) is 29.6 Å². The van der Waals surface area contributed by atoms with Gasteiger partial charge in [0.1, 0.15) is 0 Å². The van der Waals surface area contributed by atoms with Gasteiger partial charge in [0.15, 0.2) is 11.6 Å². The van der Waals surface area contributed by atoms with Gasteiger partial charge in [0, 0.05) is 6.04 Å². The maximum Gasteiger partial charge on any atom is 0.165 e. The van der Waals surface area contributed by atoms with Crippen molar-refractivity contribution in [1.82, 2.24) is 0 Å². The maximum atomic E-state index is 13.6. The van der Waals surface area contributed by atoms with Gasteiger partial charge in [-0.2, -0.15) is 0 Å². The van der Waals surface area contributed by atoms with Crippen LogP contribution in [0, 0.1) is 5.82 Å². The topological polar surface area (TPSA) is 35.2 Å². The lowest BCUT2D eigenvalue weighted by Crippen LogP contribution is -2.21. The van der Waals surface area contributed by atoms with Crippen LogP contribution in [0.1, 0.15) is 32.8 Å². The molecule has 90 valence electrons. The van der Waals surface area contributed by atoms with E-state index in [4.69, 9.17) is 10.5 Å². The van der Waals surface area contributed by atoms with Gasteiger partial charge in [0.2, 0.25) is 0 Å². The van der Waals surface area contributed by atoms with E-state index < -0.39 is 0 Å². The summed E-state index contributed by atoms with van der Waals surface area (Å²) in [5, 5.41) is 0. The SMILES string of the molecule is CCC(N)Cc1ccc(OC(C)C)c(F)c1. The van der Waals surface area contributed by atoms with E-state index in [-0.39, 0.29) is 18.0 Å². The molecule has 1 rings (SSSR count). The molecule has 0 bridgehead atoms. The molecule has 0 heterocycles. The minimum Gasteiger partial charge on any atom is -0.488 e. The van der Waals surface area contributed by atoms with E-state index in [1.54, 1.807) is 6.07 Å². The summed E-state index contributed by atoms with van der Waals surface area (Å²) in [6.45, 7) is 5.78. The zero-order valence-electron chi connectivity index (χ0n) is 10.2. The molecule has 2 nitrogen and oxygen atoms in total. The summed E-state index contributed by atoms with van der Waals surface area (Å²) in [6.07, 6.45) is 1.58. The molecule has 0 radical (unpaired) electrons. The molecule has 1 aromatic carbocycles. The van der Waals surface area contributed by atoms with Gasteiger partial charge >= 0.3 is 0 Å². The highest BCUT2D eigenvalue weighted by Gasteiger charge is 2.08. The van der Waals surface area contributed by atoms with Gasteiger partial charge in [-0.15, -0.1) is 0 Å². The van der Waals surface area contributed by atoms with E-state index in [0.29, 0.717) is 12.2 Å². The Bertz CT molecular complexity index is 339. The van der Waals surface area contributed by atoms with Crippen molar-refractivity contribution in [3.8, 4) is 5.75 Å². The first-order valence-electron chi connectivity index (χ1n) is 5.73. The van der Waals surface area contributed by atoms with Gasteiger partial charge in [0.25, 0.3) is 0 Å². The zero-order valence-corrected chi connectivity index (χ0v) is 10.2. The van der Waals surface area contributed by atoms with Crippen LogP contribution in [0.25, 0.3) is 0 Å². The first-order chi connectivity index (χ1) is 7.52. The molecule has 16 heavy (non-hydrogen) atoms. The lowest BCUT2D eigenvalue weighted by molar-refractivity contribution is 0.231. The van der Waals surface area contributed by atoms with Crippen LogP contribution in [0.4, 0.5) is 4.39 Å². The summed E-state index contributed by atoms with van der Waals surface area (Å²) in [5.41, 5.74) is 6.74. The van der Waals surface area contributed by atoms with Crippen LogP contribution in [-0.2, 0) is 6.42 Å². The highest BCUT2D eigenvalue weighted by atomic mass is 19.1. The van der Waals surface area contributed by atoms with Crippen LogP contribution in [-0.4, -0.2) is 12.1 Å². The van der Waals surface area contributed by atoms with E-state index >= 15 is 0 Å². The van der Waals surface area contributed by atoms with Crippen molar-refractivity contribution in [1.29, 1.82) is 0 Å². The fraction of sp³-hybridized carbons (Fsp3) is 0.538. The summed E-state index contributed by atoms with van der Waals surface area (Å²) >= 11 is 0. The predicted molar refractivity (Wildman–Crippen MR) is 64.1 cm³/mol. The quantitative estimate of drug-likeness (QED) is 0.836. The number of benzene rings is 1. The average molecular weight is 225 g/mol. The van der Waals surface area contributed by atoms with Crippen molar-refractivity contribution in [2.45, 2.75) is 45.8 Å². The number of rotatable bonds is 5. The summed E-state index contributed by atoms with van der Waals surface area (Å²) < 4.78 is 18.9. The summed E-state index contributed by atoms with van der Waals surface area (Å²) in [6, 6.07) is 5.15. The van der Waals surface area contributed by atoms with Crippen LogP contribution in [0.2, 0.25) is 0 Å². The van der Waals surface area contributed by atoms with E-state index in [9.17, 15) is 4.39 Å². The molecular formula is C13H20FNO. The Morgan fingerprint density at radius 1 is 1.38 bits per heavy atom. The number of ether oxygens (including phenoxy) is 1. The molecule has 0 saturated carbocycles. The Morgan fingerprint density at radius 3 is 2.56 bits per heavy atom. The van der Waals surface area contributed by atoms with E-state index in [1.165, 1.54) is 6.07 Å². The molecule has 0 saturated heterocycles. The highest BCUT2D eigenvalue weighted by molar-refractivity contribution is 5.30. The number of hydrogen-bond donors (Lipinski definition) is 1. The predicted octanol–water partition coefficient (Wildman–Crippen LogP) is 2.89. The zero-order chi connectivity index (χ0) is 12.1. The van der Waals surface area contributed by atoms with E-state index in [2.05, 4.69) is 0 Å². The molecule has 0 aromatic heterocycles. The van der Waals surface area contributed by atoms with Crippen molar-refractivity contribution < 1.29 is 9.13 Å². The summed E-state index contributed by atoms with van der Waals surface area (Å²) in [5.74, 6) is -0.00155. The minimum absolute atomic E-state index is 0.0155. The van der Waals surface area contributed by atoms with E-state index in [1.807, 2.05) is 26.8 Å². The molecule has 0 aliphatic heterocycles. The molecule has 2 N–H and O–H groups in total. The second-order valence-electron chi connectivity index (χ2n) is 4.30. The first-order valence-corrected chi connectivity index (χ1v) is 5.73. The van der Waals surface area contributed by atoms with Crippen molar-refractivity contribution >= 4 is 0 Å². The van der Waals surface area contributed by atoms with E-state index in [0.717, 1.165) is 12.0 Å². The summed E-state index contributed by atoms with van der Waals surface area (Å²) in [7, 11) is 0. The Labute approximate surface area is 96.6 Å². The fourth-order valence-electron chi connectivity index (χ4n) is 1.47. The van der Waals surface area contributed by atoms with Gasteiger partial charge in [0.05, 0.1) is 6.10 Å². The molecule has 0 fully saturated rings. The molecule has 1 aromatic rings. The van der Waals surface area contributed by atoms with Gasteiger partial charge < -0.3 is 10.5 Å². The first kappa shape index (κ1) is 13.0. The monoisotopic (exact) mass is 225 g/mol. The Balaban J connectivity index is 2.74. The van der Waals surface area contributed by atoms with Crippen molar-refractivity contribution in [2.24, 2.45) is 5.73 Å². The van der Waals surface area contributed by atoms with Crippen LogP contribution in [0.5, 0.6) is 5.75 Å². The lowest BCUT2D eigenvalue weighted by atomic mass is 10.0. The standard InChI is InChI=1S/C13H20FNO/c1-4-11(15)7-10-5-6-13(12(14)8-10)16-9(2)3/h5-6,8-9,11H,4,7,15H2,1-3H3. The van der Waals surface area contributed by atoms with Gasteiger partial charge in [-0.25, -0.2) is 4.39 Å². The van der Waals surface area contributed by atoms with Crippen molar-refractivity contribution in [2.75, 3.05) is 0 Å².